The molecule has 0 radical (unpaired) electrons. The van der Waals surface area contributed by atoms with Gasteiger partial charge in [0.05, 0.1) is 0 Å². The van der Waals surface area contributed by atoms with Crippen LogP contribution in [0.3, 0.4) is 0 Å². The van der Waals surface area contributed by atoms with Gasteiger partial charge in [0.25, 0.3) is 0 Å². The Balaban J connectivity index is 1.86. The lowest BCUT2D eigenvalue weighted by atomic mass is 9.89. The molecule has 2 heteroatoms. The molecule has 3 rings (SSSR count). The van der Waals surface area contributed by atoms with Gasteiger partial charge in [-0.3, -0.25) is 9.80 Å². The maximum Gasteiger partial charge on any atom is 0.0319 e. The number of fused-ring (bicyclic) bond motifs is 1. The third-order valence-electron chi connectivity index (χ3n) is 6.15. The third-order valence-corrected chi connectivity index (χ3v) is 6.15. The summed E-state index contributed by atoms with van der Waals surface area (Å²) in [5.41, 5.74) is 5.31. The Labute approximate surface area is 136 Å². The lowest BCUT2D eigenvalue weighted by molar-refractivity contribution is 0.161. The number of rotatable bonds is 6. The molecule has 0 aromatic heterocycles. The predicted molar refractivity (Wildman–Crippen MR) is 94.1 cm³/mol. The van der Waals surface area contributed by atoms with E-state index in [1.807, 2.05) is 0 Å². The second kappa shape index (κ2) is 6.33. The summed E-state index contributed by atoms with van der Waals surface area (Å²) in [6.45, 7) is 10.6. The van der Waals surface area contributed by atoms with E-state index in [2.05, 4.69) is 55.8 Å². The maximum atomic E-state index is 2.78. The van der Waals surface area contributed by atoms with Gasteiger partial charge >= 0.3 is 0 Å². The second-order valence-electron chi connectivity index (χ2n) is 7.39. The van der Waals surface area contributed by atoms with E-state index in [1.54, 1.807) is 16.7 Å². The van der Waals surface area contributed by atoms with Crippen molar-refractivity contribution in [3.63, 3.8) is 0 Å². The smallest absolute Gasteiger partial charge is 0.0319 e. The molecule has 2 nitrogen and oxygen atoms in total. The minimum atomic E-state index is 0.524. The second-order valence-corrected chi connectivity index (χ2v) is 7.39. The molecular weight excluding hydrogens is 268 g/mol. The molecule has 0 bridgehead atoms. The van der Waals surface area contributed by atoms with Gasteiger partial charge < -0.3 is 0 Å². The van der Waals surface area contributed by atoms with Gasteiger partial charge in [0.15, 0.2) is 0 Å². The van der Waals surface area contributed by atoms with Gasteiger partial charge in [-0.25, -0.2) is 0 Å². The molecule has 1 heterocycles. The molecule has 122 valence electrons. The zero-order valence-corrected chi connectivity index (χ0v) is 14.9. The molecule has 0 N–H and O–H groups in total. The van der Waals surface area contributed by atoms with Gasteiger partial charge in [0, 0.05) is 24.7 Å². The van der Waals surface area contributed by atoms with Crippen molar-refractivity contribution in [2.24, 2.45) is 0 Å². The minimum Gasteiger partial charge on any atom is -0.299 e. The van der Waals surface area contributed by atoms with E-state index >= 15 is 0 Å². The summed E-state index contributed by atoms with van der Waals surface area (Å²) in [5.74, 6) is 0. The van der Waals surface area contributed by atoms with E-state index < -0.39 is 0 Å². The van der Waals surface area contributed by atoms with Crippen LogP contribution in [-0.4, -0.2) is 35.5 Å². The largest absolute Gasteiger partial charge is 0.299 e. The minimum absolute atomic E-state index is 0.524. The molecule has 22 heavy (non-hydrogen) atoms. The SMILES string of the molecule is CCCN(Cc1cccc2c1CCN(C)C2C)C1(CC)CC1. The van der Waals surface area contributed by atoms with E-state index in [-0.39, 0.29) is 0 Å². The van der Waals surface area contributed by atoms with E-state index in [4.69, 9.17) is 0 Å². The molecule has 2 aliphatic rings. The first kappa shape index (κ1) is 16.0. The molecule has 1 unspecified atom stereocenters. The monoisotopic (exact) mass is 300 g/mol. The average Bonchev–Trinajstić information content (AvgIpc) is 3.32. The van der Waals surface area contributed by atoms with Gasteiger partial charge in [-0.1, -0.05) is 32.0 Å². The van der Waals surface area contributed by atoms with Crippen molar-refractivity contribution in [3.05, 3.63) is 34.9 Å². The lowest BCUT2D eigenvalue weighted by Crippen LogP contribution is -2.38. The summed E-state index contributed by atoms with van der Waals surface area (Å²) in [5, 5.41) is 0. The van der Waals surface area contributed by atoms with Crippen LogP contribution in [0.25, 0.3) is 0 Å². The fourth-order valence-corrected chi connectivity index (χ4v) is 4.22. The van der Waals surface area contributed by atoms with Crippen molar-refractivity contribution in [2.75, 3.05) is 20.1 Å². The van der Waals surface area contributed by atoms with Crippen LogP contribution in [0.15, 0.2) is 18.2 Å². The molecule has 1 fully saturated rings. The standard InChI is InChI=1S/C20H32N2/c1-5-13-22(20(6-2)11-12-20)15-17-8-7-9-18-16(3)21(4)14-10-19(17)18/h7-9,16H,5-6,10-15H2,1-4H3. The van der Waals surface area contributed by atoms with E-state index in [1.165, 1.54) is 45.2 Å². The van der Waals surface area contributed by atoms with E-state index in [0.29, 0.717) is 11.6 Å². The fourth-order valence-electron chi connectivity index (χ4n) is 4.22. The molecule has 0 spiro atoms. The summed E-state index contributed by atoms with van der Waals surface area (Å²) in [7, 11) is 2.25. The number of hydrogen-bond donors (Lipinski definition) is 0. The average molecular weight is 300 g/mol. The Morgan fingerprint density at radius 1 is 1.27 bits per heavy atom. The molecular formula is C20H32N2. The normalized spacial score (nSPS) is 23.6. The Hall–Kier alpha value is -0.860. The van der Waals surface area contributed by atoms with E-state index in [9.17, 15) is 0 Å². The highest BCUT2D eigenvalue weighted by molar-refractivity contribution is 5.39. The zero-order chi connectivity index (χ0) is 15.7. The highest BCUT2D eigenvalue weighted by Crippen LogP contribution is 2.45. The van der Waals surface area contributed by atoms with Crippen molar-refractivity contribution in [1.82, 2.24) is 9.80 Å². The van der Waals surface area contributed by atoms with Crippen LogP contribution >= 0.6 is 0 Å². The summed E-state index contributed by atoms with van der Waals surface area (Å²) < 4.78 is 0. The molecule has 1 aromatic rings. The van der Waals surface area contributed by atoms with Crippen molar-refractivity contribution < 1.29 is 0 Å². The first-order valence-electron chi connectivity index (χ1n) is 9.17. The fraction of sp³-hybridized carbons (Fsp3) is 0.700. The van der Waals surface area contributed by atoms with E-state index in [0.717, 1.165) is 6.54 Å². The summed E-state index contributed by atoms with van der Waals surface area (Å²) >= 11 is 0. The van der Waals surface area contributed by atoms with Crippen LogP contribution in [0.5, 0.6) is 0 Å². The van der Waals surface area contributed by atoms with Gasteiger partial charge in [0.2, 0.25) is 0 Å². The number of hydrogen-bond acceptors (Lipinski definition) is 2. The summed E-state index contributed by atoms with van der Waals surface area (Å²) in [4.78, 5) is 5.26. The van der Waals surface area contributed by atoms with Crippen LogP contribution in [0, 0.1) is 0 Å². The van der Waals surface area contributed by atoms with Crippen molar-refractivity contribution in [1.29, 1.82) is 0 Å². The van der Waals surface area contributed by atoms with Crippen molar-refractivity contribution >= 4 is 0 Å². The molecule has 0 amide bonds. The predicted octanol–water partition coefficient (Wildman–Crippen LogP) is 4.39. The van der Waals surface area contributed by atoms with Crippen LogP contribution < -0.4 is 0 Å². The molecule has 1 aliphatic heterocycles. The number of benzene rings is 1. The molecule has 1 atom stereocenters. The van der Waals surface area contributed by atoms with Crippen LogP contribution in [0.1, 0.15) is 69.2 Å². The Morgan fingerprint density at radius 2 is 2.05 bits per heavy atom. The topological polar surface area (TPSA) is 6.48 Å². The summed E-state index contributed by atoms with van der Waals surface area (Å²) in [6.07, 6.45) is 6.58. The maximum absolute atomic E-state index is 2.78. The van der Waals surface area contributed by atoms with Crippen LogP contribution in [-0.2, 0) is 13.0 Å². The molecule has 1 aliphatic carbocycles. The number of nitrogens with zero attached hydrogens (tertiary/aromatic N) is 2. The summed E-state index contributed by atoms with van der Waals surface area (Å²) in [6, 6.07) is 7.56. The molecule has 1 saturated carbocycles. The first-order valence-corrected chi connectivity index (χ1v) is 9.17. The molecule has 1 aromatic carbocycles. The van der Waals surface area contributed by atoms with Crippen LogP contribution in [0.2, 0.25) is 0 Å². The van der Waals surface area contributed by atoms with Gasteiger partial charge in [0.1, 0.15) is 0 Å². The zero-order valence-electron chi connectivity index (χ0n) is 14.9. The quantitative estimate of drug-likeness (QED) is 0.769. The Morgan fingerprint density at radius 3 is 2.68 bits per heavy atom. The van der Waals surface area contributed by atoms with Crippen molar-refractivity contribution in [2.45, 2.75) is 71.0 Å². The highest BCUT2D eigenvalue weighted by atomic mass is 15.2. The van der Waals surface area contributed by atoms with Crippen molar-refractivity contribution in [3.8, 4) is 0 Å². The Bertz CT molecular complexity index is 518. The highest BCUT2D eigenvalue weighted by Gasteiger charge is 2.45. The van der Waals surface area contributed by atoms with Gasteiger partial charge in [-0.15, -0.1) is 0 Å². The van der Waals surface area contributed by atoms with Gasteiger partial charge in [-0.2, -0.15) is 0 Å². The third kappa shape index (κ3) is 2.83. The number of likely N-dealkylation sites (N-methyl/N-ethyl adjacent to an activating group) is 1. The lowest BCUT2D eigenvalue weighted by Gasteiger charge is -2.36. The van der Waals surface area contributed by atoms with Gasteiger partial charge in [-0.05, 0) is 69.3 Å². The Kier molecular flexibility index (Phi) is 4.61. The van der Waals surface area contributed by atoms with Crippen LogP contribution in [0.4, 0.5) is 0 Å². The first-order chi connectivity index (χ1) is 10.6. The molecule has 0 saturated heterocycles.